The molecule has 3 N–H and O–H groups in total. The summed E-state index contributed by atoms with van der Waals surface area (Å²) in [5.41, 5.74) is 23.2. The Morgan fingerprint density at radius 1 is 0.561 bits per heavy atom. The number of anilines is 2. The number of nitrogens with two attached hydrogens (primary N) is 1. The first-order valence-corrected chi connectivity index (χ1v) is 23.2. The van der Waals surface area contributed by atoms with Crippen molar-refractivity contribution in [1.29, 1.82) is 0 Å². The van der Waals surface area contributed by atoms with E-state index in [0.29, 0.717) is 18.2 Å². The lowest BCUT2D eigenvalue weighted by molar-refractivity contribution is 0.660. The monoisotopic (exact) mass is 868 g/mol. The number of hydrogen-bond donors (Lipinski definition) is 2. The second-order valence-electron chi connectivity index (χ2n) is 17.5. The van der Waals surface area contributed by atoms with Gasteiger partial charge < -0.3 is 15.5 Å². The molecule has 11 aromatic rings. The number of amidine groups is 2. The SMILES string of the molecule is CC1(C)c2ccccc2-c2c(C(=NCc3ccccc3)N=C(N)c3cccc4sc5ccc(-c6cccc7oc8ccc(Nc9ccccc9-c9ccccc9)cc8c67)cc5c34)cccc21. The summed E-state index contributed by atoms with van der Waals surface area (Å²) in [7, 11) is 0. The largest absolute Gasteiger partial charge is 0.456 e. The predicted molar refractivity (Wildman–Crippen MR) is 279 cm³/mol. The number of fused-ring (bicyclic) bond motifs is 9. The summed E-state index contributed by atoms with van der Waals surface area (Å²) in [6, 6.07) is 70.3. The Balaban J connectivity index is 0.973. The van der Waals surface area contributed by atoms with E-state index in [0.717, 1.165) is 87.7 Å². The van der Waals surface area contributed by atoms with Gasteiger partial charge in [0.2, 0.25) is 0 Å². The molecule has 1 aliphatic carbocycles. The molecule has 316 valence electrons. The van der Waals surface area contributed by atoms with Crippen LogP contribution in [0, 0.1) is 0 Å². The zero-order chi connectivity index (χ0) is 44.4. The van der Waals surface area contributed by atoms with Gasteiger partial charge in [-0.25, -0.2) is 4.99 Å². The highest BCUT2D eigenvalue weighted by atomic mass is 32.1. The van der Waals surface area contributed by atoms with Crippen molar-refractivity contribution in [3.05, 3.63) is 228 Å². The van der Waals surface area contributed by atoms with E-state index in [-0.39, 0.29) is 5.41 Å². The molecular formula is C60H44N4OS. The van der Waals surface area contributed by atoms with Gasteiger partial charge in [-0.1, -0.05) is 166 Å². The molecule has 0 atom stereocenters. The summed E-state index contributed by atoms with van der Waals surface area (Å²) in [4.78, 5) is 10.6. The Labute approximate surface area is 387 Å². The Hall–Kier alpha value is -8.06. The Morgan fingerprint density at radius 2 is 1.27 bits per heavy atom. The van der Waals surface area contributed by atoms with Crippen molar-refractivity contribution in [2.75, 3.05) is 5.32 Å². The molecule has 2 heterocycles. The van der Waals surface area contributed by atoms with Gasteiger partial charge in [-0.15, -0.1) is 11.3 Å². The van der Waals surface area contributed by atoms with Gasteiger partial charge in [0.05, 0.1) is 6.54 Å². The highest BCUT2D eigenvalue weighted by molar-refractivity contribution is 7.25. The van der Waals surface area contributed by atoms with Crippen LogP contribution in [0.4, 0.5) is 11.4 Å². The molecule has 0 saturated heterocycles. The van der Waals surface area contributed by atoms with Crippen LogP contribution in [0.5, 0.6) is 0 Å². The zero-order valence-corrected chi connectivity index (χ0v) is 37.4. The maximum atomic E-state index is 7.25. The van der Waals surface area contributed by atoms with Crippen molar-refractivity contribution in [2.24, 2.45) is 15.7 Å². The van der Waals surface area contributed by atoms with E-state index in [1.54, 1.807) is 11.3 Å². The molecule has 6 heteroatoms. The van der Waals surface area contributed by atoms with Crippen LogP contribution in [0.15, 0.2) is 215 Å². The number of thiophene rings is 1. The fourth-order valence-electron chi connectivity index (χ4n) is 10.0. The molecule has 0 spiro atoms. The third-order valence-electron chi connectivity index (χ3n) is 13.2. The number of furan rings is 1. The van der Waals surface area contributed by atoms with E-state index in [4.69, 9.17) is 20.1 Å². The van der Waals surface area contributed by atoms with E-state index in [9.17, 15) is 0 Å². The average Bonchev–Trinajstić information content (AvgIpc) is 4.00. The molecule has 5 nitrogen and oxygen atoms in total. The molecule has 0 radical (unpaired) electrons. The van der Waals surface area contributed by atoms with Gasteiger partial charge in [0.1, 0.15) is 17.0 Å². The van der Waals surface area contributed by atoms with E-state index < -0.39 is 0 Å². The van der Waals surface area contributed by atoms with Crippen LogP contribution in [0.2, 0.25) is 0 Å². The van der Waals surface area contributed by atoms with Gasteiger partial charge in [0.25, 0.3) is 0 Å². The molecule has 0 amide bonds. The van der Waals surface area contributed by atoms with Crippen LogP contribution in [-0.2, 0) is 12.0 Å². The number of hydrogen-bond acceptors (Lipinski definition) is 4. The predicted octanol–water partition coefficient (Wildman–Crippen LogP) is 15.7. The fraction of sp³-hybridized carbons (Fsp3) is 0.0667. The van der Waals surface area contributed by atoms with Crippen molar-refractivity contribution < 1.29 is 4.42 Å². The molecule has 0 unspecified atom stereocenters. The van der Waals surface area contributed by atoms with Crippen molar-refractivity contribution >= 4 is 76.5 Å². The quantitative estimate of drug-likeness (QED) is 0.118. The standard InChI is InChI=1S/C60H44N4OS/c1-60(2)48-25-11-9-21-43(48)55-45(24-13-26-49(55)60)59(62-36-37-16-5-3-6-17-37)64-58(61)44-23-15-29-54-57(44)47-34-39(30-33-53(47)66-54)42-22-14-28-52-56(42)46-35-40(31-32-51(46)65-52)63-50-27-12-10-20-41(50)38-18-7-4-8-19-38/h3-35,63H,36H2,1-2H3,(H2,61,62,64). The summed E-state index contributed by atoms with van der Waals surface area (Å²) in [5, 5.41) is 8.06. The zero-order valence-electron chi connectivity index (χ0n) is 36.5. The van der Waals surface area contributed by atoms with Crippen molar-refractivity contribution in [3.8, 4) is 33.4 Å². The molecule has 2 aromatic heterocycles. The van der Waals surface area contributed by atoms with Crippen LogP contribution < -0.4 is 11.1 Å². The van der Waals surface area contributed by atoms with Crippen LogP contribution >= 0.6 is 11.3 Å². The van der Waals surface area contributed by atoms with Crippen LogP contribution in [0.1, 0.15) is 41.7 Å². The smallest absolute Gasteiger partial charge is 0.157 e. The summed E-state index contributed by atoms with van der Waals surface area (Å²) in [5.74, 6) is 1.05. The maximum absolute atomic E-state index is 7.25. The lowest BCUT2D eigenvalue weighted by Crippen LogP contribution is -2.18. The lowest BCUT2D eigenvalue weighted by Gasteiger charge is -2.21. The normalized spacial score (nSPS) is 13.4. The van der Waals surface area contributed by atoms with Crippen LogP contribution in [-0.4, -0.2) is 11.7 Å². The second kappa shape index (κ2) is 15.9. The second-order valence-corrected chi connectivity index (χ2v) is 18.6. The maximum Gasteiger partial charge on any atom is 0.157 e. The summed E-state index contributed by atoms with van der Waals surface area (Å²) in [6.07, 6.45) is 0. The van der Waals surface area contributed by atoms with E-state index in [1.807, 2.05) is 12.1 Å². The Bertz CT molecular complexity index is 3750. The first-order chi connectivity index (χ1) is 32.4. The highest BCUT2D eigenvalue weighted by Gasteiger charge is 2.37. The average molecular weight is 869 g/mol. The minimum atomic E-state index is -0.165. The minimum absolute atomic E-state index is 0.165. The number of nitrogens with zero attached hydrogens (tertiary/aromatic N) is 2. The van der Waals surface area contributed by atoms with Gasteiger partial charge in [-0.3, -0.25) is 4.99 Å². The first-order valence-electron chi connectivity index (χ1n) is 22.4. The minimum Gasteiger partial charge on any atom is -0.456 e. The number of aliphatic imine (C=N–C) groups is 2. The van der Waals surface area contributed by atoms with Gasteiger partial charge in [-0.2, -0.15) is 0 Å². The molecule has 12 rings (SSSR count). The first kappa shape index (κ1) is 39.5. The molecule has 0 bridgehead atoms. The van der Waals surface area contributed by atoms with E-state index in [1.165, 1.54) is 27.0 Å². The molecule has 0 saturated carbocycles. The molecule has 1 aliphatic rings. The van der Waals surface area contributed by atoms with Gasteiger partial charge in [-0.05, 0) is 93.0 Å². The van der Waals surface area contributed by atoms with Gasteiger partial charge in [0, 0.05) is 64.4 Å². The van der Waals surface area contributed by atoms with Crippen LogP contribution in [0.3, 0.4) is 0 Å². The third-order valence-corrected chi connectivity index (χ3v) is 14.3. The Kier molecular flexibility index (Phi) is 9.51. The van der Waals surface area contributed by atoms with E-state index >= 15 is 0 Å². The van der Waals surface area contributed by atoms with Crippen molar-refractivity contribution in [1.82, 2.24) is 0 Å². The topological polar surface area (TPSA) is 75.9 Å². The van der Waals surface area contributed by atoms with E-state index in [2.05, 4.69) is 207 Å². The van der Waals surface area contributed by atoms with Gasteiger partial charge >= 0.3 is 0 Å². The Morgan fingerprint density at radius 3 is 2.14 bits per heavy atom. The molecule has 9 aromatic carbocycles. The van der Waals surface area contributed by atoms with Crippen LogP contribution in [0.25, 0.3) is 75.5 Å². The summed E-state index contributed by atoms with van der Waals surface area (Å²) >= 11 is 1.77. The fourth-order valence-corrected chi connectivity index (χ4v) is 11.1. The summed E-state index contributed by atoms with van der Waals surface area (Å²) in [6.45, 7) is 5.07. The molecule has 66 heavy (non-hydrogen) atoms. The summed E-state index contributed by atoms with van der Waals surface area (Å²) < 4.78 is 8.85. The molecular weight excluding hydrogens is 825 g/mol. The van der Waals surface area contributed by atoms with Crippen molar-refractivity contribution in [2.45, 2.75) is 25.8 Å². The number of para-hydroxylation sites is 1. The molecule has 0 fully saturated rings. The molecule has 0 aliphatic heterocycles. The number of rotatable bonds is 8. The highest BCUT2D eigenvalue weighted by Crippen LogP contribution is 2.50. The number of benzene rings is 9. The number of nitrogens with one attached hydrogen (secondary N) is 1. The lowest BCUT2D eigenvalue weighted by atomic mass is 9.82. The third kappa shape index (κ3) is 6.68. The van der Waals surface area contributed by atoms with Gasteiger partial charge in [0.15, 0.2) is 5.84 Å². The van der Waals surface area contributed by atoms with Crippen molar-refractivity contribution in [3.63, 3.8) is 0 Å².